The molecule has 0 amide bonds. The van der Waals surface area contributed by atoms with Crippen LogP contribution in [0, 0.1) is 6.92 Å². The molecule has 132 valence electrons. The van der Waals surface area contributed by atoms with E-state index < -0.39 is 11.7 Å². The largest absolute Gasteiger partial charge is 0.416 e. The fourth-order valence-corrected chi connectivity index (χ4v) is 2.70. The van der Waals surface area contributed by atoms with Crippen LogP contribution < -0.4 is 5.32 Å². The molecule has 0 saturated heterocycles. The van der Waals surface area contributed by atoms with Gasteiger partial charge in [-0.25, -0.2) is 4.98 Å². The van der Waals surface area contributed by atoms with Crippen molar-refractivity contribution >= 4 is 11.5 Å². The van der Waals surface area contributed by atoms with Crippen LogP contribution in [0.2, 0.25) is 0 Å². The van der Waals surface area contributed by atoms with Gasteiger partial charge in [-0.1, -0.05) is 18.2 Å². The number of aryl methyl sites for hydroxylation is 1. The summed E-state index contributed by atoms with van der Waals surface area (Å²) < 4.78 is 40.4. The predicted octanol–water partition coefficient (Wildman–Crippen LogP) is 5.54. The first-order valence-electron chi connectivity index (χ1n) is 8.00. The minimum Gasteiger partial charge on any atom is -0.365 e. The van der Waals surface area contributed by atoms with Gasteiger partial charge >= 0.3 is 6.18 Å². The molecule has 0 saturated carbocycles. The third-order valence-corrected chi connectivity index (χ3v) is 3.82. The van der Waals surface area contributed by atoms with Crippen LogP contribution in [0.3, 0.4) is 0 Å². The van der Waals surface area contributed by atoms with Crippen LogP contribution >= 0.6 is 0 Å². The number of hydrogen-bond acceptors (Lipinski definition) is 2. The summed E-state index contributed by atoms with van der Waals surface area (Å²) in [6.45, 7) is 8.04. The van der Waals surface area contributed by atoms with Gasteiger partial charge in [-0.3, -0.25) is 4.40 Å². The van der Waals surface area contributed by atoms with Crippen molar-refractivity contribution in [2.24, 2.45) is 0 Å². The minimum absolute atomic E-state index is 0.222. The average molecular weight is 347 g/mol. The molecule has 3 nitrogen and oxygen atoms in total. The number of benzene rings is 1. The van der Waals surface area contributed by atoms with Crippen LogP contribution in [0.25, 0.3) is 16.9 Å². The second-order valence-electron chi connectivity index (χ2n) is 7.14. The Bertz CT molecular complexity index is 901. The first-order chi connectivity index (χ1) is 11.6. The van der Waals surface area contributed by atoms with Crippen LogP contribution in [0.1, 0.15) is 31.9 Å². The number of halogens is 3. The Labute approximate surface area is 144 Å². The van der Waals surface area contributed by atoms with Gasteiger partial charge in [0.15, 0.2) is 0 Å². The van der Waals surface area contributed by atoms with Gasteiger partial charge in [0.1, 0.15) is 17.2 Å². The molecule has 1 aromatic carbocycles. The molecule has 0 radical (unpaired) electrons. The van der Waals surface area contributed by atoms with Crippen LogP contribution in [-0.4, -0.2) is 14.9 Å². The third kappa shape index (κ3) is 3.48. The highest BCUT2D eigenvalue weighted by molar-refractivity contribution is 5.78. The molecule has 0 unspecified atom stereocenters. The van der Waals surface area contributed by atoms with Crippen molar-refractivity contribution in [3.63, 3.8) is 0 Å². The Kier molecular flexibility index (Phi) is 4.01. The summed E-state index contributed by atoms with van der Waals surface area (Å²) in [6, 6.07) is 9.00. The first-order valence-corrected chi connectivity index (χ1v) is 8.00. The molecule has 0 atom stereocenters. The molecule has 0 aliphatic heterocycles. The van der Waals surface area contributed by atoms with E-state index in [1.54, 1.807) is 0 Å². The van der Waals surface area contributed by atoms with E-state index in [2.05, 4.69) is 10.3 Å². The van der Waals surface area contributed by atoms with Crippen LogP contribution in [-0.2, 0) is 6.18 Å². The van der Waals surface area contributed by atoms with Crippen LogP contribution in [0.5, 0.6) is 0 Å². The van der Waals surface area contributed by atoms with Gasteiger partial charge in [0.2, 0.25) is 0 Å². The summed E-state index contributed by atoms with van der Waals surface area (Å²) in [5, 5.41) is 3.42. The van der Waals surface area contributed by atoms with Crippen molar-refractivity contribution in [1.29, 1.82) is 0 Å². The standard InChI is InChI=1S/C19H20F3N3/c1-12-6-5-11-25-16(12)23-15(17(25)24-18(2,3)4)13-7-9-14(10-8-13)19(20,21)22/h5-11,24H,1-4H3. The molecule has 0 spiro atoms. The maximum Gasteiger partial charge on any atom is 0.416 e. The summed E-state index contributed by atoms with van der Waals surface area (Å²) >= 11 is 0. The molecule has 0 fully saturated rings. The zero-order valence-corrected chi connectivity index (χ0v) is 14.6. The van der Waals surface area contributed by atoms with Crippen LogP contribution in [0.4, 0.5) is 19.0 Å². The van der Waals surface area contributed by atoms with Gasteiger partial charge < -0.3 is 5.32 Å². The first kappa shape index (κ1) is 17.3. The van der Waals surface area contributed by atoms with E-state index in [1.165, 1.54) is 12.1 Å². The van der Waals surface area contributed by atoms with E-state index in [4.69, 9.17) is 0 Å². The molecule has 1 N–H and O–H groups in total. The third-order valence-electron chi connectivity index (χ3n) is 3.82. The molecule has 0 bridgehead atoms. The average Bonchev–Trinajstić information content (AvgIpc) is 2.85. The number of nitrogens with one attached hydrogen (secondary N) is 1. The van der Waals surface area contributed by atoms with E-state index >= 15 is 0 Å². The zero-order chi connectivity index (χ0) is 18.4. The van der Waals surface area contributed by atoms with E-state index in [9.17, 15) is 13.2 Å². The van der Waals surface area contributed by atoms with E-state index in [0.29, 0.717) is 11.3 Å². The number of pyridine rings is 1. The number of aromatic nitrogens is 2. The normalized spacial score (nSPS) is 12.6. The maximum atomic E-state index is 12.8. The number of nitrogens with zero attached hydrogens (tertiary/aromatic N) is 2. The van der Waals surface area contributed by atoms with Gasteiger partial charge in [-0.05, 0) is 51.5 Å². The second kappa shape index (κ2) is 5.79. The molecule has 0 aliphatic carbocycles. The van der Waals surface area contributed by atoms with Gasteiger partial charge in [0, 0.05) is 17.3 Å². The lowest BCUT2D eigenvalue weighted by Gasteiger charge is -2.22. The van der Waals surface area contributed by atoms with Crippen molar-refractivity contribution in [3.05, 3.63) is 53.7 Å². The quantitative estimate of drug-likeness (QED) is 0.659. The highest BCUT2D eigenvalue weighted by Gasteiger charge is 2.30. The lowest BCUT2D eigenvalue weighted by molar-refractivity contribution is -0.137. The van der Waals surface area contributed by atoms with Gasteiger partial charge in [-0.15, -0.1) is 0 Å². The molecular weight excluding hydrogens is 327 g/mol. The van der Waals surface area contributed by atoms with Gasteiger partial charge in [-0.2, -0.15) is 13.2 Å². The molecule has 0 aliphatic rings. The highest BCUT2D eigenvalue weighted by Crippen LogP contribution is 2.34. The smallest absolute Gasteiger partial charge is 0.365 e. The number of fused-ring (bicyclic) bond motifs is 1. The second-order valence-corrected chi connectivity index (χ2v) is 7.14. The molecule has 2 aromatic heterocycles. The molecule has 3 aromatic rings. The summed E-state index contributed by atoms with van der Waals surface area (Å²) in [6.07, 6.45) is -2.45. The predicted molar refractivity (Wildman–Crippen MR) is 93.7 cm³/mol. The Morgan fingerprint density at radius 3 is 2.20 bits per heavy atom. The number of rotatable bonds is 2. The Morgan fingerprint density at radius 2 is 1.64 bits per heavy atom. The Morgan fingerprint density at radius 1 is 1.00 bits per heavy atom. The topological polar surface area (TPSA) is 29.3 Å². The Hall–Kier alpha value is -2.50. The lowest BCUT2D eigenvalue weighted by Crippen LogP contribution is -2.27. The van der Waals surface area contributed by atoms with Crippen molar-refractivity contribution in [3.8, 4) is 11.3 Å². The highest BCUT2D eigenvalue weighted by atomic mass is 19.4. The molecule has 6 heteroatoms. The summed E-state index contributed by atoms with van der Waals surface area (Å²) in [4.78, 5) is 4.68. The number of imidazole rings is 1. The molecule has 25 heavy (non-hydrogen) atoms. The van der Waals surface area contributed by atoms with E-state index in [-0.39, 0.29) is 5.54 Å². The maximum absolute atomic E-state index is 12.8. The van der Waals surface area contributed by atoms with E-state index in [1.807, 2.05) is 50.4 Å². The number of anilines is 1. The number of hydrogen-bond donors (Lipinski definition) is 1. The fourth-order valence-electron chi connectivity index (χ4n) is 2.70. The van der Waals surface area contributed by atoms with E-state index in [0.717, 1.165) is 29.2 Å². The Balaban J connectivity index is 2.18. The monoisotopic (exact) mass is 347 g/mol. The fraction of sp³-hybridized carbons (Fsp3) is 0.316. The van der Waals surface area contributed by atoms with Gasteiger partial charge in [0.05, 0.1) is 5.56 Å². The number of alkyl halides is 3. The summed E-state index contributed by atoms with van der Waals surface area (Å²) in [5.41, 5.74) is 2.17. The minimum atomic E-state index is -4.35. The van der Waals surface area contributed by atoms with Gasteiger partial charge in [0.25, 0.3) is 0 Å². The van der Waals surface area contributed by atoms with Crippen molar-refractivity contribution in [1.82, 2.24) is 9.38 Å². The van der Waals surface area contributed by atoms with Crippen molar-refractivity contribution < 1.29 is 13.2 Å². The zero-order valence-electron chi connectivity index (χ0n) is 14.6. The lowest BCUT2D eigenvalue weighted by atomic mass is 10.1. The SMILES string of the molecule is Cc1cccn2c(NC(C)(C)C)c(-c3ccc(C(F)(F)F)cc3)nc12. The molecule has 2 heterocycles. The van der Waals surface area contributed by atoms with Crippen molar-refractivity contribution in [2.75, 3.05) is 5.32 Å². The summed E-state index contributed by atoms with van der Waals surface area (Å²) in [7, 11) is 0. The van der Waals surface area contributed by atoms with Crippen LogP contribution in [0.15, 0.2) is 42.6 Å². The molecular formula is C19H20F3N3. The summed E-state index contributed by atoms with van der Waals surface area (Å²) in [5.74, 6) is 0.769. The van der Waals surface area contributed by atoms with Crippen molar-refractivity contribution in [2.45, 2.75) is 39.4 Å². The molecule has 3 rings (SSSR count).